The first-order chi connectivity index (χ1) is 9.97. The fraction of sp³-hybridized carbons (Fsp3) is 0.133. The Labute approximate surface area is 135 Å². The van der Waals surface area contributed by atoms with Gasteiger partial charge in [0.15, 0.2) is 17.3 Å². The Bertz CT molecular complexity index is 704. The van der Waals surface area contributed by atoms with Crippen molar-refractivity contribution in [1.29, 1.82) is 0 Å². The van der Waals surface area contributed by atoms with Gasteiger partial charge in [-0.05, 0) is 46.3 Å². The fourth-order valence-electron chi connectivity index (χ4n) is 1.89. The van der Waals surface area contributed by atoms with Gasteiger partial charge in [0.05, 0.1) is 19.2 Å². The number of hydrogen-bond acceptors (Lipinski definition) is 4. The summed E-state index contributed by atoms with van der Waals surface area (Å²) in [5.74, 6) is 0.771. The predicted molar refractivity (Wildman–Crippen MR) is 86.5 cm³/mol. The number of anilines is 1. The van der Waals surface area contributed by atoms with Gasteiger partial charge in [-0.25, -0.2) is 0 Å². The molecule has 2 aromatic carbocycles. The third kappa shape index (κ3) is 3.14. The molecule has 0 bridgehead atoms. The summed E-state index contributed by atoms with van der Waals surface area (Å²) in [7, 11) is 3.04. The molecule has 0 unspecified atom stereocenters. The van der Waals surface area contributed by atoms with E-state index in [1.165, 1.54) is 14.2 Å². The molecular weight excluding hydrogens is 358 g/mol. The molecule has 0 saturated carbocycles. The van der Waals surface area contributed by atoms with Crippen LogP contribution < -0.4 is 15.2 Å². The van der Waals surface area contributed by atoms with Crippen LogP contribution in [0.4, 0.5) is 5.69 Å². The monoisotopic (exact) mass is 369 g/mol. The van der Waals surface area contributed by atoms with E-state index in [2.05, 4.69) is 15.9 Å². The standard InChI is InChI=1S/C15H13BrClNO3/c1-20-13-6-10(11(16)7-14(13)21-2)15(19)9-4-3-8(18)5-12(9)17/h3-7H,18H2,1-2H3. The van der Waals surface area contributed by atoms with Crippen molar-refractivity contribution in [2.24, 2.45) is 0 Å². The highest BCUT2D eigenvalue weighted by atomic mass is 79.9. The number of nitrogen functional groups attached to an aromatic ring is 1. The molecule has 0 saturated heterocycles. The molecule has 0 radical (unpaired) electrons. The normalized spacial score (nSPS) is 10.3. The van der Waals surface area contributed by atoms with Gasteiger partial charge in [0.2, 0.25) is 0 Å². The number of carbonyl (C=O) groups is 1. The molecule has 4 nitrogen and oxygen atoms in total. The molecule has 0 aliphatic carbocycles. The summed E-state index contributed by atoms with van der Waals surface area (Å²) in [5, 5.41) is 0.307. The average molecular weight is 371 g/mol. The number of hydrogen-bond donors (Lipinski definition) is 1. The third-order valence-corrected chi connectivity index (χ3v) is 3.92. The second kappa shape index (κ2) is 6.37. The van der Waals surface area contributed by atoms with E-state index in [0.717, 1.165) is 0 Å². The van der Waals surface area contributed by atoms with E-state index < -0.39 is 0 Å². The lowest BCUT2D eigenvalue weighted by Crippen LogP contribution is -2.05. The van der Waals surface area contributed by atoms with Crippen LogP contribution in [0.1, 0.15) is 15.9 Å². The lowest BCUT2D eigenvalue weighted by molar-refractivity contribution is 0.103. The number of rotatable bonds is 4. The molecule has 0 fully saturated rings. The van der Waals surface area contributed by atoms with E-state index in [1.807, 2.05) is 0 Å². The van der Waals surface area contributed by atoms with Gasteiger partial charge in [0.25, 0.3) is 0 Å². The van der Waals surface area contributed by atoms with E-state index in [0.29, 0.717) is 37.8 Å². The predicted octanol–water partition coefficient (Wildman–Crippen LogP) is 3.93. The average Bonchev–Trinajstić information content (AvgIpc) is 2.46. The number of halogens is 2. The van der Waals surface area contributed by atoms with Crippen LogP contribution in [0, 0.1) is 0 Å². The van der Waals surface area contributed by atoms with E-state index in [-0.39, 0.29) is 5.78 Å². The summed E-state index contributed by atoms with van der Waals surface area (Å²) in [6, 6.07) is 8.07. The van der Waals surface area contributed by atoms with Crippen LogP contribution in [0.2, 0.25) is 5.02 Å². The molecule has 6 heteroatoms. The Morgan fingerprint density at radius 2 is 1.71 bits per heavy atom. The summed E-state index contributed by atoms with van der Waals surface area (Å²) in [6.45, 7) is 0. The van der Waals surface area contributed by atoms with Gasteiger partial charge in [0.1, 0.15) is 0 Å². The Hall–Kier alpha value is -1.72. The lowest BCUT2D eigenvalue weighted by Gasteiger charge is -2.12. The van der Waals surface area contributed by atoms with E-state index in [4.69, 9.17) is 26.8 Å². The second-order valence-corrected chi connectivity index (χ2v) is 5.52. The van der Waals surface area contributed by atoms with Crippen LogP contribution in [0.3, 0.4) is 0 Å². The molecule has 21 heavy (non-hydrogen) atoms. The lowest BCUT2D eigenvalue weighted by atomic mass is 10.0. The minimum absolute atomic E-state index is 0.229. The van der Waals surface area contributed by atoms with Crippen molar-refractivity contribution in [2.75, 3.05) is 20.0 Å². The summed E-state index contributed by atoms with van der Waals surface area (Å²) in [4.78, 5) is 12.6. The Morgan fingerprint density at radius 1 is 1.10 bits per heavy atom. The maximum atomic E-state index is 12.6. The maximum Gasteiger partial charge on any atom is 0.195 e. The Kier molecular flexibility index (Phi) is 4.75. The molecule has 0 spiro atoms. The topological polar surface area (TPSA) is 61.5 Å². The van der Waals surface area contributed by atoms with Gasteiger partial charge in [-0.3, -0.25) is 4.79 Å². The molecule has 0 aliphatic heterocycles. The van der Waals surface area contributed by atoms with Crippen molar-refractivity contribution in [3.63, 3.8) is 0 Å². The maximum absolute atomic E-state index is 12.6. The summed E-state index contributed by atoms with van der Waals surface area (Å²) < 4.78 is 11.0. The van der Waals surface area contributed by atoms with E-state index >= 15 is 0 Å². The van der Waals surface area contributed by atoms with Crippen molar-refractivity contribution < 1.29 is 14.3 Å². The van der Waals surface area contributed by atoms with Crippen molar-refractivity contribution in [1.82, 2.24) is 0 Å². The second-order valence-electron chi connectivity index (χ2n) is 4.26. The fourth-order valence-corrected chi connectivity index (χ4v) is 2.67. The zero-order valence-corrected chi connectivity index (χ0v) is 13.8. The Balaban J connectivity index is 2.53. The van der Waals surface area contributed by atoms with Gasteiger partial charge >= 0.3 is 0 Å². The van der Waals surface area contributed by atoms with E-state index in [1.54, 1.807) is 30.3 Å². The molecule has 0 atom stereocenters. The Morgan fingerprint density at radius 3 is 2.29 bits per heavy atom. The zero-order chi connectivity index (χ0) is 15.6. The number of ketones is 1. The van der Waals surface area contributed by atoms with Crippen molar-refractivity contribution >= 4 is 39.0 Å². The van der Waals surface area contributed by atoms with Crippen LogP contribution in [-0.2, 0) is 0 Å². The molecule has 2 aromatic rings. The summed E-state index contributed by atoms with van der Waals surface area (Å²) in [5.41, 5.74) is 6.94. The van der Waals surface area contributed by atoms with Crippen molar-refractivity contribution in [3.05, 3.63) is 51.0 Å². The smallest absolute Gasteiger partial charge is 0.195 e. The quantitative estimate of drug-likeness (QED) is 0.654. The molecule has 0 heterocycles. The summed E-state index contributed by atoms with van der Waals surface area (Å²) >= 11 is 9.45. The van der Waals surface area contributed by atoms with Gasteiger partial charge in [-0.15, -0.1) is 0 Å². The first-order valence-corrected chi connectivity index (χ1v) is 7.16. The molecule has 0 aromatic heterocycles. The molecule has 0 aliphatic rings. The number of nitrogens with two attached hydrogens (primary N) is 1. The van der Waals surface area contributed by atoms with Crippen LogP contribution in [0.15, 0.2) is 34.8 Å². The van der Waals surface area contributed by atoms with Crippen LogP contribution >= 0.6 is 27.5 Å². The van der Waals surface area contributed by atoms with E-state index in [9.17, 15) is 4.79 Å². The molecule has 110 valence electrons. The highest BCUT2D eigenvalue weighted by Gasteiger charge is 2.19. The zero-order valence-electron chi connectivity index (χ0n) is 11.4. The van der Waals surface area contributed by atoms with Gasteiger partial charge < -0.3 is 15.2 Å². The number of carbonyl (C=O) groups excluding carboxylic acids is 1. The third-order valence-electron chi connectivity index (χ3n) is 2.96. The minimum Gasteiger partial charge on any atom is -0.493 e. The first-order valence-electron chi connectivity index (χ1n) is 5.99. The highest BCUT2D eigenvalue weighted by molar-refractivity contribution is 9.10. The first kappa shape index (κ1) is 15.7. The SMILES string of the molecule is COc1cc(Br)c(C(=O)c2ccc(N)cc2Cl)cc1OC. The largest absolute Gasteiger partial charge is 0.493 e. The number of benzene rings is 2. The molecule has 0 amide bonds. The van der Waals surface area contributed by atoms with Crippen LogP contribution in [0.25, 0.3) is 0 Å². The van der Waals surface area contributed by atoms with Gasteiger partial charge in [0, 0.05) is 21.3 Å². The van der Waals surface area contributed by atoms with Crippen molar-refractivity contribution in [2.45, 2.75) is 0 Å². The van der Waals surface area contributed by atoms with Crippen LogP contribution in [0.5, 0.6) is 11.5 Å². The van der Waals surface area contributed by atoms with Gasteiger partial charge in [-0.1, -0.05) is 11.6 Å². The van der Waals surface area contributed by atoms with Crippen LogP contribution in [-0.4, -0.2) is 20.0 Å². The molecule has 2 rings (SSSR count). The number of methoxy groups -OCH3 is 2. The number of ether oxygens (including phenoxy) is 2. The molecular formula is C15H13BrClNO3. The molecule has 2 N–H and O–H groups in total. The highest BCUT2D eigenvalue weighted by Crippen LogP contribution is 2.35. The van der Waals surface area contributed by atoms with Gasteiger partial charge in [-0.2, -0.15) is 0 Å². The summed E-state index contributed by atoms with van der Waals surface area (Å²) in [6.07, 6.45) is 0. The van der Waals surface area contributed by atoms with Crippen molar-refractivity contribution in [3.8, 4) is 11.5 Å². The minimum atomic E-state index is -0.229.